The molecular weight excluding hydrogens is 362 g/mol. The van der Waals surface area contributed by atoms with E-state index in [4.69, 9.17) is 11.6 Å². The number of rotatable bonds is 4. The molecule has 0 spiro atoms. The van der Waals surface area contributed by atoms with Gasteiger partial charge in [-0.2, -0.15) is 0 Å². The molecule has 2 aromatic carbocycles. The first-order valence-corrected chi connectivity index (χ1v) is 7.92. The van der Waals surface area contributed by atoms with Gasteiger partial charge >= 0.3 is 0 Å². The molecule has 0 bridgehead atoms. The third kappa shape index (κ3) is 3.94. The molecule has 8 heteroatoms. The zero-order chi connectivity index (χ0) is 18.7. The lowest BCUT2D eigenvalue weighted by Gasteiger charge is -2.09. The number of carbonyl (C=O) groups is 1. The Bertz CT molecular complexity index is 944. The van der Waals surface area contributed by atoms with Crippen molar-refractivity contribution in [1.82, 2.24) is 9.97 Å². The third-order valence-electron chi connectivity index (χ3n) is 3.55. The van der Waals surface area contributed by atoms with Gasteiger partial charge in [-0.15, -0.1) is 0 Å². The van der Waals surface area contributed by atoms with Gasteiger partial charge in [-0.05, 0) is 42.8 Å². The van der Waals surface area contributed by atoms with Gasteiger partial charge in [0.2, 0.25) is 5.95 Å². The van der Waals surface area contributed by atoms with Crippen LogP contribution in [0.15, 0.2) is 48.8 Å². The van der Waals surface area contributed by atoms with Crippen molar-refractivity contribution in [2.24, 2.45) is 0 Å². The molecule has 26 heavy (non-hydrogen) atoms. The van der Waals surface area contributed by atoms with Gasteiger partial charge in [0.15, 0.2) is 0 Å². The molecule has 0 saturated carbocycles. The molecule has 0 unspecified atom stereocenters. The number of nitrogens with one attached hydrogen (secondary N) is 2. The summed E-state index contributed by atoms with van der Waals surface area (Å²) in [5.41, 5.74) is 1.25. The van der Waals surface area contributed by atoms with E-state index < -0.39 is 17.5 Å². The average Bonchev–Trinajstić information content (AvgIpc) is 2.61. The standard InChI is InChI=1S/C18H13ClF2N4O/c1-10-7-12(19)5-6-15(10)24-17(26)11-8-22-18(23-9-11)25-16-13(20)3-2-4-14(16)21/h2-9H,1H3,(H,24,26)(H,22,23,25). The molecular formula is C18H13ClF2N4O. The largest absolute Gasteiger partial charge is 0.322 e. The number of amides is 1. The molecule has 0 aliphatic rings. The maximum atomic E-state index is 13.6. The Hall–Kier alpha value is -3.06. The van der Waals surface area contributed by atoms with E-state index >= 15 is 0 Å². The zero-order valence-corrected chi connectivity index (χ0v) is 14.3. The Morgan fingerprint density at radius 1 is 1.08 bits per heavy atom. The molecule has 1 amide bonds. The Balaban J connectivity index is 1.74. The van der Waals surface area contributed by atoms with E-state index in [-0.39, 0.29) is 17.2 Å². The SMILES string of the molecule is Cc1cc(Cl)ccc1NC(=O)c1cnc(Nc2c(F)cccc2F)nc1. The molecule has 2 N–H and O–H groups in total. The normalized spacial score (nSPS) is 10.5. The molecule has 5 nitrogen and oxygen atoms in total. The van der Waals surface area contributed by atoms with Crippen molar-refractivity contribution in [3.63, 3.8) is 0 Å². The second kappa shape index (κ2) is 7.45. The molecule has 3 aromatic rings. The highest BCUT2D eigenvalue weighted by molar-refractivity contribution is 6.30. The predicted octanol–water partition coefficient (Wildman–Crippen LogP) is 4.71. The molecule has 0 saturated heterocycles. The van der Waals surface area contributed by atoms with Gasteiger partial charge in [0, 0.05) is 23.1 Å². The van der Waals surface area contributed by atoms with Crippen molar-refractivity contribution in [3.05, 3.63) is 76.6 Å². The second-order valence-electron chi connectivity index (χ2n) is 5.43. The van der Waals surface area contributed by atoms with Crippen LogP contribution in [0.1, 0.15) is 15.9 Å². The van der Waals surface area contributed by atoms with Crippen molar-refractivity contribution in [2.75, 3.05) is 10.6 Å². The van der Waals surface area contributed by atoms with E-state index in [1.54, 1.807) is 18.2 Å². The van der Waals surface area contributed by atoms with Gasteiger partial charge in [0.05, 0.1) is 5.56 Å². The van der Waals surface area contributed by atoms with Crippen LogP contribution in [0.3, 0.4) is 0 Å². The average molecular weight is 375 g/mol. The summed E-state index contributed by atoms with van der Waals surface area (Å²) in [7, 11) is 0. The van der Waals surface area contributed by atoms with Gasteiger partial charge < -0.3 is 10.6 Å². The highest BCUT2D eigenvalue weighted by Crippen LogP contribution is 2.22. The maximum Gasteiger partial charge on any atom is 0.258 e. The maximum absolute atomic E-state index is 13.6. The summed E-state index contributed by atoms with van der Waals surface area (Å²) in [6, 6.07) is 8.56. The van der Waals surface area contributed by atoms with E-state index in [1.807, 2.05) is 6.92 Å². The smallest absolute Gasteiger partial charge is 0.258 e. The summed E-state index contributed by atoms with van der Waals surface area (Å²) in [4.78, 5) is 20.1. The summed E-state index contributed by atoms with van der Waals surface area (Å²) < 4.78 is 27.2. The molecule has 0 aliphatic heterocycles. The summed E-state index contributed by atoms with van der Waals surface area (Å²) in [6.07, 6.45) is 2.52. The van der Waals surface area contributed by atoms with Crippen molar-refractivity contribution in [2.45, 2.75) is 6.92 Å². The first kappa shape index (κ1) is 17.8. The lowest BCUT2D eigenvalue weighted by atomic mass is 10.2. The van der Waals surface area contributed by atoms with E-state index in [2.05, 4.69) is 20.6 Å². The van der Waals surface area contributed by atoms with Gasteiger partial charge in [-0.25, -0.2) is 18.7 Å². The van der Waals surface area contributed by atoms with Crippen LogP contribution >= 0.6 is 11.6 Å². The molecule has 132 valence electrons. The number of aromatic nitrogens is 2. The molecule has 0 radical (unpaired) electrons. The minimum Gasteiger partial charge on any atom is -0.322 e. The minimum absolute atomic E-state index is 0.0341. The number of aryl methyl sites for hydroxylation is 1. The van der Waals surface area contributed by atoms with Crippen LogP contribution in [0.5, 0.6) is 0 Å². The molecule has 0 aliphatic carbocycles. The van der Waals surface area contributed by atoms with Crippen molar-refractivity contribution in [3.8, 4) is 0 Å². The number of benzene rings is 2. The van der Waals surface area contributed by atoms with E-state index in [0.717, 1.165) is 17.7 Å². The lowest BCUT2D eigenvalue weighted by Crippen LogP contribution is -2.14. The van der Waals surface area contributed by atoms with Crippen LogP contribution in [0, 0.1) is 18.6 Å². The number of halogens is 3. The topological polar surface area (TPSA) is 66.9 Å². The van der Waals surface area contributed by atoms with E-state index in [9.17, 15) is 13.6 Å². The monoisotopic (exact) mass is 374 g/mol. The predicted molar refractivity (Wildman–Crippen MR) is 95.8 cm³/mol. The fraction of sp³-hybridized carbons (Fsp3) is 0.0556. The third-order valence-corrected chi connectivity index (χ3v) is 3.79. The van der Waals surface area contributed by atoms with E-state index in [1.165, 1.54) is 18.5 Å². The number of hydrogen-bond donors (Lipinski definition) is 2. The summed E-state index contributed by atoms with van der Waals surface area (Å²) in [6.45, 7) is 1.81. The highest BCUT2D eigenvalue weighted by Gasteiger charge is 2.12. The summed E-state index contributed by atoms with van der Waals surface area (Å²) in [5, 5.41) is 5.75. The summed E-state index contributed by atoms with van der Waals surface area (Å²) >= 11 is 5.88. The quantitative estimate of drug-likeness (QED) is 0.694. The zero-order valence-electron chi connectivity index (χ0n) is 13.6. The number of nitrogens with zero attached hydrogens (tertiary/aromatic N) is 2. The Labute approximate surface area is 153 Å². The molecule has 1 aromatic heterocycles. The Morgan fingerprint density at radius 2 is 1.73 bits per heavy atom. The molecule has 0 atom stereocenters. The Morgan fingerprint density at radius 3 is 2.35 bits per heavy atom. The fourth-order valence-corrected chi connectivity index (χ4v) is 2.43. The van der Waals surface area contributed by atoms with E-state index in [0.29, 0.717) is 10.7 Å². The number of carbonyl (C=O) groups excluding carboxylic acids is 1. The molecule has 1 heterocycles. The van der Waals surface area contributed by atoms with Crippen LogP contribution in [0.4, 0.5) is 26.1 Å². The van der Waals surface area contributed by atoms with Crippen molar-refractivity contribution in [1.29, 1.82) is 0 Å². The highest BCUT2D eigenvalue weighted by atomic mass is 35.5. The van der Waals surface area contributed by atoms with Crippen molar-refractivity contribution < 1.29 is 13.6 Å². The van der Waals surface area contributed by atoms with Crippen LogP contribution in [-0.4, -0.2) is 15.9 Å². The van der Waals surface area contributed by atoms with Crippen molar-refractivity contribution >= 4 is 34.8 Å². The summed E-state index contributed by atoms with van der Waals surface area (Å²) in [5.74, 6) is -1.99. The second-order valence-corrected chi connectivity index (χ2v) is 5.87. The van der Waals surface area contributed by atoms with Gasteiger partial charge in [-0.1, -0.05) is 17.7 Å². The molecule has 0 fully saturated rings. The Kier molecular flexibility index (Phi) is 5.09. The van der Waals surface area contributed by atoms with Crippen LogP contribution < -0.4 is 10.6 Å². The number of anilines is 3. The number of hydrogen-bond acceptors (Lipinski definition) is 4. The first-order valence-electron chi connectivity index (χ1n) is 7.54. The van der Waals surface area contributed by atoms with Crippen LogP contribution in [0.2, 0.25) is 5.02 Å². The first-order chi connectivity index (χ1) is 12.4. The van der Waals surface area contributed by atoms with Crippen LogP contribution in [0.25, 0.3) is 0 Å². The fourth-order valence-electron chi connectivity index (χ4n) is 2.20. The van der Waals surface area contributed by atoms with Gasteiger partial charge in [0.25, 0.3) is 5.91 Å². The van der Waals surface area contributed by atoms with Gasteiger partial charge in [0.1, 0.15) is 17.3 Å². The molecule has 3 rings (SSSR count). The van der Waals surface area contributed by atoms with Crippen LogP contribution in [-0.2, 0) is 0 Å². The number of para-hydroxylation sites is 1. The lowest BCUT2D eigenvalue weighted by molar-refractivity contribution is 0.102. The minimum atomic E-state index is -0.770. The van der Waals surface area contributed by atoms with Gasteiger partial charge in [-0.3, -0.25) is 4.79 Å².